The minimum Gasteiger partial charge on any atom is -0.481 e. The Morgan fingerprint density at radius 2 is 1.88 bits per heavy atom. The molecule has 0 aromatic heterocycles. The van der Waals surface area contributed by atoms with Crippen LogP contribution in [0.2, 0.25) is 0 Å². The van der Waals surface area contributed by atoms with Gasteiger partial charge in [0.2, 0.25) is 0 Å². The van der Waals surface area contributed by atoms with E-state index < -0.39 is 11.9 Å². The minimum atomic E-state index is -0.868. The highest BCUT2D eigenvalue weighted by Gasteiger charge is 2.17. The maximum absolute atomic E-state index is 10.9. The number of aliphatic carboxylic acids is 2. The van der Waals surface area contributed by atoms with Crippen LogP contribution < -0.4 is 0 Å². The quantitative estimate of drug-likeness (QED) is 0.758. The fourth-order valence-corrected chi connectivity index (χ4v) is 2.03. The number of allylic oxidation sites excluding steroid dienone is 1. The first-order valence-corrected chi connectivity index (χ1v) is 5.76. The predicted molar refractivity (Wildman–Crippen MR) is 59.2 cm³/mol. The average molecular weight is 226 g/mol. The van der Waals surface area contributed by atoms with Gasteiger partial charge in [0.15, 0.2) is 0 Å². The Kier molecular flexibility index (Phi) is 5.02. The molecule has 0 spiro atoms. The van der Waals surface area contributed by atoms with Crippen molar-refractivity contribution in [3.05, 3.63) is 11.6 Å². The van der Waals surface area contributed by atoms with Crippen molar-refractivity contribution in [2.45, 2.75) is 44.9 Å². The van der Waals surface area contributed by atoms with Crippen molar-refractivity contribution in [3.63, 3.8) is 0 Å². The third-order valence-electron chi connectivity index (χ3n) is 3.03. The van der Waals surface area contributed by atoms with Crippen LogP contribution in [0, 0.1) is 5.92 Å². The van der Waals surface area contributed by atoms with Gasteiger partial charge >= 0.3 is 11.9 Å². The highest BCUT2D eigenvalue weighted by atomic mass is 16.4. The molecule has 0 amide bonds. The van der Waals surface area contributed by atoms with Crippen LogP contribution in [0.25, 0.3) is 0 Å². The maximum atomic E-state index is 10.9. The van der Waals surface area contributed by atoms with Crippen LogP contribution >= 0.6 is 0 Å². The largest absolute Gasteiger partial charge is 0.481 e. The van der Waals surface area contributed by atoms with Crippen LogP contribution in [0.1, 0.15) is 44.9 Å². The molecule has 1 atom stereocenters. The van der Waals surface area contributed by atoms with Crippen LogP contribution in [-0.4, -0.2) is 22.2 Å². The molecule has 0 radical (unpaired) electrons. The molecule has 0 fully saturated rings. The zero-order valence-electron chi connectivity index (χ0n) is 9.32. The summed E-state index contributed by atoms with van der Waals surface area (Å²) in [6.45, 7) is 0. The lowest BCUT2D eigenvalue weighted by Crippen LogP contribution is -2.14. The van der Waals surface area contributed by atoms with E-state index in [0.717, 1.165) is 19.3 Å². The van der Waals surface area contributed by atoms with Gasteiger partial charge in [-0.3, -0.25) is 4.79 Å². The Morgan fingerprint density at radius 1 is 1.12 bits per heavy atom. The Bertz CT molecular complexity index is 293. The van der Waals surface area contributed by atoms with E-state index >= 15 is 0 Å². The molecule has 1 aliphatic carbocycles. The molecule has 0 aromatic rings. The number of carboxylic acid groups (broad SMARTS) is 2. The first-order chi connectivity index (χ1) is 7.61. The third-order valence-corrected chi connectivity index (χ3v) is 3.03. The van der Waals surface area contributed by atoms with Crippen LogP contribution in [0.5, 0.6) is 0 Å². The summed E-state index contributed by atoms with van der Waals surface area (Å²) < 4.78 is 0. The number of hydrogen-bond donors (Lipinski definition) is 2. The van der Waals surface area contributed by atoms with Gasteiger partial charge in [0.05, 0.1) is 5.92 Å². The molecule has 0 heterocycles. The van der Waals surface area contributed by atoms with E-state index in [-0.39, 0.29) is 5.92 Å². The van der Waals surface area contributed by atoms with E-state index in [2.05, 4.69) is 0 Å². The van der Waals surface area contributed by atoms with Gasteiger partial charge in [0.1, 0.15) is 0 Å². The van der Waals surface area contributed by atoms with Crippen LogP contribution in [-0.2, 0) is 9.59 Å². The average Bonchev–Trinajstić information content (AvgIpc) is 2.24. The van der Waals surface area contributed by atoms with E-state index in [1.54, 1.807) is 6.08 Å². The molecule has 0 aliphatic heterocycles. The molecule has 1 unspecified atom stereocenters. The number of carbonyl (C=O) groups is 2. The molecule has 2 N–H and O–H groups in total. The van der Waals surface area contributed by atoms with Gasteiger partial charge in [-0.25, -0.2) is 4.79 Å². The second kappa shape index (κ2) is 6.30. The Labute approximate surface area is 95.0 Å². The van der Waals surface area contributed by atoms with Gasteiger partial charge in [-0.2, -0.15) is 0 Å². The molecule has 0 saturated heterocycles. The molecular weight excluding hydrogens is 208 g/mol. The SMILES string of the molecule is O=C(O)/C1=C/CCC(C(=O)O)CCCCC1. The summed E-state index contributed by atoms with van der Waals surface area (Å²) in [6, 6.07) is 0. The molecule has 0 saturated carbocycles. The molecule has 0 aromatic carbocycles. The Hall–Kier alpha value is -1.32. The van der Waals surface area contributed by atoms with Crippen molar-refractivity contribution >= 4 is 11.9 Å². The third kappa shape index (κ3) is 4.04. The second-order valence-electron chi connectivity index (χ2n) is 4.25. The van der Waals surface area contributed by atoms with Gasteiger partial charge < -0.3 is 10.2 Å². The summed E-state index contributed by atoms with van der Waals surface area (Å²) in [5.74, 6) is -1.94. The van der Waals surface area contributed by atoms with Crippen molar-refractivity contribution < 1.29 is 19.8 Å². The number of rotatable bonds is 2. The summed E-state index contributed by atoms with van der Waals surface area (Å²) in [6.07, 6.45) is 6.73. The molecule has 16 heavy (non-hydrogen) atoms. The van der Waals surface area contributed by atoms with E-state index in [9.17, 15) is 9.59 Å². The van der Waals surface area contributed by atoms with Gasteiger partial charge in [-0.05, 0) is 32.1 Å². The highest BCUT2D eigenvalue weighted by Crippen LogP contribution is 2.21. The van der Waals surface area contributed by atoms with Crippen molar-refractivity contribution in [1.82, 2.24) is 0 Å². The van der Waals surface area contributed by atoms with E-state index in [0.29, 0.717) is 31.3 Å². The second-order valence-corrected chi connectivity index (χ2v) is 4.25. The van der Waals surface area contributed by atoms with Gasteiger partial charge in [0, 0.05) is 5.57 Å². The summed E-state index contributed by atoms with van der Waals surface area (Å²) >= 11 is 0. The zero-order chi connectivity index (χ0) is 12.0. The summed E-state index contributed by atoms with van der Waals surface area (Å²) in [4.78, 5) is 21.7. The maximum Gasteiger partial charge on any atom is 0.331 e. The van der Waals surface area contributed by atoms with Crippen LogP contribution in [0.3, 0.4) is 0 Å². The highest BCUT2D eigenvalue weighted by molar-refractivity contribution is 5.86. The lowest BCUT2D eigenvalue weighted by molar-refractivity contribution is -0.142. The predicted octanol–water partition coefficient (Wildman–Crippen LogP) is 2.44. The summed E-state index contributed by atoms with van der Waals surface area (Å²) in [7, 11) is 0. The van der Waals surface area contributed by atoms with Crippen LogP contribution in [0.15, 0.2) is 11.6 Å². The monoisotopic (exact) mass is 226 g/mol. The minimum absolute atomic E-state index is 0.315. The molecule has 1 rings (SSSR count). The summed E-state index contributed by atoms with van der Waals surface area (Å²) in [5.41, 5.74) is 0.436. The van der Waals surface area contributed by atoms with Gasteiger partial charge in [-0.1, -0.05) is 18.9 Å². The van der Waals surface area contributed by atoms with Gasteiger partial charge in [0.25, 0.3) is 0 Å². The molecule has 1 aliphatic rings. The standard InChI is InChI=1S/C12H18O4/c13-11(14)9-5-2-1-3-6-10(12(15)16)8-4-7-9/h7,10H,1-6,8H2,(H,13,14)(H,15,16)/b9-7+. The van der Waals surface area contributed by atoms with E-state index in [1.165, 1.54) is 0 Å². The zero-order valence-corrected chi connectivity index (χ0v) is 9.32. The van der Waals surface area contributed by atoms with Crippen molar-refractivity contribution in [3.8, 4) is 0 Å². The fraction of sp³-hybridized carbons (Fsp3) is 0.667. The molecule has 90 valence electrons. The number of carboxylic acids is 2. The smallest absolute Gasteiger partial charge is 0.331 e. The molecular formula is C12H18O4. The lowest BCUT2D eigenvalue weighted by atomic mass is 9.93. The van der Waals surface area contributed by atoms with Crippen molar-refractivity contribution in [2.24, 2.45) is 5.92 Å². The van der Waals surface area contributed by atoms with Gasteiger partial charge in [-0.15, -0.1) is 0 Å². The van der Waals surface area contributed by atoms with E-state index in [4.69, 9.17) is 10.2 Å². The molecule has 4 heteroatoms. The van der Waals surface area contributed by atoms with Crippen molar-refractivity contribution in [2.75, 3.05) is 0 Å². The first-order valence-electron chi connectivity index (χ1n) is 5.76. The van der Waals surface area contributed by atoms with Crippen molar-refractivity contribution in [1.29, 1.82) is 0 Å². The summed E-state index contributed by atoms with van der Waals surface area (Å²) in [5, 5.41) is 17.9. The van der Waals surface area contributed by atoms with Crippen LogP contribution in [0.4, 0.5) is 0 Å². The normalized spacial score (nSPS) is 26.5. The lowest BCUT2D eigenvalue weighted by Gasteiger charge is -2.13. The Morgan fingerprint density at radius 3 is 2.50 bits per heavy atom. The first kappa shape index (κ1) is 12.7. The molecule has 4 nitrogen and oxygen atoms in total. The van der Waals surface area contributed by atoms with E-state index in [1.807, 2.05) is 0 Å². The number of hydrogen-bond acceptors (Lipinski definition) is 2. The topological polar surface area (TPSA) is 74.6 Å². The molecule has 0 bridgehead atoms. The Balaban J connectivity index is 2.63. The fourth-order valence-electron chi connectivity index (χ4n) is 2.03.